The van der Waals surface area contributed by atoms with Crippen LogP contribution in [0.2, 0.25) is 0 Å². The van der Waals surface area contributed by atoms with E-state index in [2.05, 4.69) is 10.2 Å². The van der Waals surface area contributed by atoms with Gasteiger partial charge in [-0.05, 0) is 12.8 Å². The highest BCUT2D eigenvalue weighted by Crippen LogP contribution is 2.27. The van der Waals surface area contributed by atoms with Crippen molar-refractivity contribution in [1.29, 1.82) is 0 Å². The van der Waals surface area contributed by atoms with Crippen LogP contribution in [-0.4, -0.2) is 62.0 Å². The molecule has 1 heterocycles. The van der Waals surface area contributed by atoms with Crippen molar-refractivity contribution in [1.82, 2.24) is 15.1 Å². The molecule has 0 aromatic rings. The molecule has 2 rings (SSSR count). The first-order valence-electron chi connectivity index (χ1n) is 6.45. The number of hydrogen-bond donors (Lipinski definition) is 1. The minimum absolute atomic E-state index is 0.341. The normalized spacial score (nSPS) is 22.8. The van der Waals surface area contributed by atoms with Gasteiger partial charge >= 0.3 is 0 Å². The molecule has 0 aromatic carbocycles. The number of carbonyl (C=O) groups excluding carboxylic acids is 1. The predicted molar refractivity (Wildman–Crippen MR) is 64.3 cm³/mol. The van der Waals surface area contributed by atoms with E-state index in [1.54, 1.807) is 0 Å². The van der Waals surface area contributed by atoms with E-state index in [0.717, 1.165) is 52.1 Å². The number of hydrogen-bond acceptors (Lipinski definition) is 3. The summed E-state index contributed by atoms with van der Waals surface area (Å²) < 4.78 is 0. The molecule has 4 nitrogen and oxygen atoms in total. The highest BCUT2D eigenvalue weighted by atomic mass is 16.2. The number of piperazine rings is 1. The maximum absolute atomic E-state index is 11.9. The van der Waals surface area contributed by atoms with Crippen molar-refractivity contribution in [2.75, 3.05) is 46.3 Å². The monoisotopic (exact) mass is 225 g/mol. The minimum Gasteiger partial charge on any atom is -0.344 e. The molecule has 0 radical (unpaired) electrons. The lowest BCUT2D eigenvalue weighted by Crippen LogP contribution is -2.47. The third kappa shape index (κ3) is 2.95. The van der Waals surface area contributed by atoms with Crippen LogP contribution in [0, 0.1) is 5.92 Å². The van der Waals surface area contributed by atoms with Crippen LogP contribution in [0.1, 0.15) is 19.3 Å². The highest BCUT2D eigenvalue weighted by molar-refractivity contribution is 5.79. The van der Waals surface area contributed by atoms with Crippen molar-refractivity contribution in [2.24, 2.45) is 5.92 Å². The number of amides is 1. The van der Waals surface area contributed by atoms with Crippen LogP contribution in [0.3, 0.4) is 0 Å². The third-order valence-electron chi connectivity index (χ3n) is 3.79. The lowest BCUT2D eigenvalue weighted by molar-refractivity contribution is -0.137. The van der Waals surface area contributed by atoms with E-state index in [9.17, 15) is 4.79 Å². The SMILES string of the molecule is CN(CCN1CCNCC1)C(=O)C1CCC1. The fourth-order valence-corrected chi connectivity index (χ4v) is 2.30. The van der Waals surface area contributed by atoms with Crippen molar-refractivity contribution in [3.05, 3.63) is 0 Å². The summed E-state index contributed by atoms with van der Waals surface area (Å²) in [5, 5.41) is 3.34. The van der Waals surface area contributed by atoms with Gasteiger partial charge in [0.2, 0.25) is 5.91 Å². The van der Waals surface area contributed by atoms with Crippen LogP contribution in [0.15, 0.2) is 0 Å². The molecule has 0 unspecified atom stereocenters. The molecule has 0 spiro atoms. The smallest absolute Gasteiger partial charge is 0.225 e. The topological polar surface area (TPSA) is 35.6 Å². The Morgan fingerprint density at radius 3 is 2.62 bits per heavy atom. The van der Waals surface area contributed by atoms with Crippen molar-refractivity contribution < 1.29 is 4.79 Å². The predicted octanol–water partition coefficient (Wildman–Crippen LogP) is 0.150. The third-order valence-corrected chi connectivity index (χ3v) is 3.79. The summed E-state index contributed by atoms with van der Waals surface area (Å²) in [4.78, 5) is 16.2. The summed E-state index contributed by atoms with van der Waals surface area (Å²) >= 11 is 0. The van der Waals surface area contributed by atoms with Gasteiger partial charge in [0.15, 0.2) is 0 Å². The zero-order valence-corrected chi connectivity index (χ0v) is 10.2. The maximum atomic E-state index is 11.9. The van der Waals surface area contributed by atoms with Crippen LogP contribution in [0.25, 0.3) is 0 Å². The van der Waals surface area contributed by atoms with E-state index < -0.39 is 0 Å². The second kappa shape index (κ2) is 5.64. The average Bonchev–Trinajstić information content (AvgIpc) is 2.25. The Morgan fingerprint density at radius 2 is 2.06 bits per heavy atom. The molecule has 1 aliphatic heterocycles. The first-order chi connectivity index (χ1) is 7.77. The van der Waals surface area contributed by atoms with Gasteiger partial charge in [0.25, 0.3) is 0 Å². The second-order valence-corrected chi connectivity index (χ2v) is 4.98. The van der Waals surface area contributed by atoms with Crippen molar-refractivity contribution >= 4 is 5.91 Å². The fourth-order valence-electron chi connectivity index (χ4n) is 2.30. The number of rotatable bonds is 4. The molecule has 1 aliphatic carbocycles. The quantitative estimate of drug-likeness (QED) is 0.740. The summed E-state index contributed by atoms with van der Waals surface area (Å²) in [5.74, 6) is 0.703. The van der Waals surface area contributed by atoms with Gasteiger partial charge in [-0.15, -0.1) is 0 Å². The summed E-state index contributed by atoms with van der Waals surface area (Å²) in [6.45, 7) is 6.31. The molecule has 4 heteroatoms. The zero-order chi connectivity index (χ0) is 11.4. The number of carbonyl (C=O) groups is 1. The molecule has 1 amide bonds. The number of nitrogens with one attached hydrogen (secondary N) is 1. The van der Waals surface area contributed by atoms with Crippen molar-refractivity contribution in [3.63, 3.8) is 0 Å². The van der Waals surface area contributed by atoms with Gasteiger partial charge in [0, 0.05) is 52.2 Å². The molecule has 1 saturated carbocycles. The van der Waals surface area contributed by atoms with Gasteiger partial charge in [0.1, 0.15) is 0 Å². The molecule has 2 aliphatic rings. The molecule has 1 saturated heterocycles. The Kier molecular flexibility index (Phi) is 4.18. The Balaban J connectivity index is 1.65. The fraction of sp³-hybridized carbons (Fsp3) is 0.917. The first-order valence-corrected chi connectivity index (χ1v) is 6.45. The molecule has 1 N–H and O–H groups in total. The zero-order valence-electron chi connectivity index (χ0n) is 10.2. The maximum Gasteiger partial charge on any atom is 0.225 e. The first kappa shape index (κ1) is 11.9. The molecular formula is C12H23N3O. The summed E-state index contributed by atoms with van der Waals surface area (Å²) in [6, 6.07) is 0. The Bertz CT molecular complexity index is 234. The van der Waals surface area contributed by atoms with Gasteiger partial charge in [-0.25, -0.2) is 0 Å². The van der Waals surface area contributed by atoms with E-state index in [1.807, 2.05) is 11.9 Å². The van der Waals surface area contributed by atoms with Crippen LogP contribution in [-0.2, 0) is 4.79 Å². The second-order valence-electron chi connectivity index (χ2n) is 4.98. The number of likely N-dealkylation sites (N-methyl/N-ethyl adjacent to an activating group) is 1. The van der Waals surface area contributed by atoms with Gasteiger partial charge in [-0.3, -0.25) is 9.69 Å². The van der Waals surface area contributed by atoms with E-state index in [4.69, 9.17) is 0 Å². The Hall–Kier alpha value is -0.610. The van der Waals surface area contributed by atoms with Gasteiger partial charge < -0.3 is 10.2 Å². The molecule has 0 atom stereocenters. The van der Waals surface area contributed by atoms with Crippen LogP contribution in [0.5, 0.6) is 0 Å². The summed E-state index contributed by atoms with van der Waals surface area (Å²) in [5.41, 5.74) is 0. The van der Waals surface area contributed by atoms with Crippen molar-refractivity contribution in [3.8, 4) is 0 Å². The molecule has 2 fully saturated rings. The highest BCUT2D eigenvalue weighted by Gasteiger charge is 2.27. The van der Waals surface area contributed by atoms with E-state index in [-0.39, 0.29) is 0 Å². The van der Waals surface area contributed by atoms with Crippen LogP contribution < -0.4 is 5.32 Å². The minimum atomic E-state index is 0.341. The lowest BCUT2D eigenvalue weighted by Gasteiger charge is -2.32. The molecule has 92 valence electrons. The van der Waals surface area contributed by atoms with Crippen molar-refractivity contribution in [2.45, 2.75) is 19.3 Å². The summed E-state index contributed by atoms with van der Waals surface area (Å²) in [6.07, 6.45) is 3.45. The molecule has 0 aromatic heterocycles. The van der Waals surface area contributed by atoms with E-state index in [1.165, 1.54) is 6.42 Å². The molecule has 16 heavy (non-hydrogen) atoms. The summed E-state index contributed by atoms with van der Waals surface area (Å²) in [7, 11) is 1.95. The standard InChI is InChI=1S/C12H23N3O/c1-14(12(16)11-3-2-4-11)9-10-15-7-5-13-6-8-15/h11,13H,2-10H2,1H3. The van der Waals surface area contributed by atoms with Gasteiger partial charge in [-0.1, -0.05) is 6.42 Å². The number of nitrogens with zero attached hydrogens (tertiary/aromatic N) is 2. The Labute approximate surface area is 98.0 Å². The molecular weight excluding hydrogens is 202 g/mol. The Morgan fingerprint density at radius 1 is 1.38 bits per heavy atom. The molecule has 0 bridgehead atoms. The van der Waals surface area contributed by atoms with E-state index >= 15 is 0 Å². The van der Waals surface area contributed by atoms with Gasteiger partial charge in [0.05, 0.1) is 0 Å². The van der Waals surface area contributed by atoms with E-state index in [0.29, 0.717) is 11.8 Å². The van der Waals surface area contributed by atoms with Gasteiger partial charge in [-0.2, -0.15) is 0 Å². The van der Waals surface area contributed by atoms with Crippen LogP contribution >= 0.6 is 0 Å². The largest absolute Gasteiger partial charge is 0.344 e. The van der Waals surface area contributed by atoms with Crippen LogP contribution in [0.4, 0.5) is 0 Å². The average molecular weight is 225 g/mol. The lowest BCUT2D eigenvalue weighted by atomic mass is 9.84.